The lowest BCUT2D eigenvalue weighted by atomic mass is 10.2. The Labute approximate surface area is 182 Å². The third-order valence-electron chi connectivity index (χ3n) is 5.01. The van der Waals surface area contributed by atoms with E-state index in [9.17, 15) is 4.79 Å². The van der Waals surface area contributed by atoms with Crippen LogP contribution in [0.2, 0.25) is 0 Å². The van der Waals surface area contributed by atoms with Crippen LogP contribution in [0.5, 0.6) is 5.75 Å². The summed E-state index contributed by atoms with van der Waals surface area (Å²) in [6, 6.07) is 17.2. The first kappa shape index (κ1) is 19.3. The number of aryl methyl sites for hydroxylation is 1. The zero-order chi connectivity index (χ0) is 21.4. The van der Waals surface area contributed by atoms with Crippen molar-refractivity contribution in [3.63, 3.8) is 0 Å². The van der Waals surface area contributed by atoms with E-state index in [4.69, 9.17) is 14.1 Å². The minimum Gasteiger partial charge on any atom is -0.493 e. The molecule has 5 aromatic rings. The number of fused-ring (bicyclic) bond motifs is 2. The second-order valence-corrected chi connectivity index (χ2v) is 8.22. The summed E-state index contributed by atoms with van der Waals surface area (Å²) in [5.74, 6) is 0.558. The number of nitrogens with zero attached hydrogens (tertiary/aromatic N) is 3. The molecule has 0 aliphatic rings. The fourth-order valence-electron chi connectivity index (χ4n) is 3.47. The first-order valence-electron chi connectivity index (χ1n) is 9.77. The van der Waals surface area contributed by atoms with E-state index in [1.54, 1.807) is 30.5 Å². The maximum atomic E-state index is 13.6. The molecule has 5 rings (SSSR count). The normalized spacial score (nSPS) is 11.2. The Morgan fingerprint density at radius 3 is 2.87 bits per heavy atom. The van der Waals surface area contributed by atoms with Gasteiger partial charge < -0.3 is 9.15 Å². The van der Waals surface area contributed by atoms with Crippen molar-refractivity contribution in [1.29, 1.82) is 0 Å². The van der Waals surface area contributed by atoms with Gasteiger partial charge in [0.2, 0.25) is 0 Å². The summed E-state index contributed by atoms with van der Waals surface area (Å²) >= 11 is 1.48. The van der Waals surface area contributed by atoms with Crippen molar-refractivity contribution in [3.8, 4) is 5.75 Å². The van der Waals surface area contributed by atoms with Gasteiger partial charge in [0.05, 0.1) is 23.9 Å². The fourth-order valence-corrected chi connectivity index (χ4v) is 4.53. The number of pyridine rings is 1. The van der Waals surface area contributed by atoms with E-state index in [0.29, 0.717) is 23.0 Å². The maximum absolute atomic E-state index is 13.6. The highest BCUT2D eigenvalue weighted by atomic mass is 32.1. The molecule has 0 aliphatic carbocycles. The number of benzene rings is 2. The minimum absolute atomic E-state index is 0.235. The molecular weight excluding hydrogens is 410 g/mol. The molecule has 0 atom stereocenters. The molecule has 0 N–H and O–H groups in total. The number of ether oxygens (including phenoxy) is 1. The topological polar surface area (TPSA) is 68.5 Å². The molecule has 0 unspecified atom stereocenters. The first-order valence-corrected chi connectivity index (χ1v) is 10.6. The molecule has 0 fully saturated rings. The van der Waals surface area contributed by atoms with E-state index in [0.717, 1.165) is 26.7 Å². The molecule has 154 valence electrons. The van der Waals surface area contributed by atoms with Gasteiger partial charge in [0, 0.05) is 17.8 Å². The summed E-state index contributed by atoms with van der Waals surface area (Å²) in [5.41, 5.74) is 3.47. The third kappa shape index (κ3) is 3.64. The highest BCUT2D eigenvalue weighted by Gasteiger charge is 2.25. The molecule has 0 aliphatic heterocycles. The van der Waals surface area contributed by atoms with Gasteiger partial charge in [-0.2, -0.15) is 0 Å². The van der Waals surface area contributed by atoms with E-state index < -0.39 is 0 Å². The van der Waals surface area contributed by atoms with Crippen LogP contribution in [0.25, 0.3) is 21.2 Å². The standard InChI is InChI=1S/C24H19N3O3S/c1-15-8-9-18-21(11-15)31-24(26-18)27(14-16-5-4-10-25-13-16)23(28)20-12-17-6-3-7-19(29-2)22(17)30-20/h3-13H,14H2,1-2H3. The zero-order valence-electron chi connectivity index (χ0n) is 17.0. The first-order chi connectivity index (χ1) is 15.1. The molecule has 0 bridgehead atoms. The largest absolute Gasteiger partial charge is 0.493 e. The molecule has 0 spiro atoms. The van der Waals surface area contributed by atoms with E-state index >= 15 is 0 Å². The maximum Gasteiger partial charge on any atom is 0.296 e. The number of thiazole rings is 1. The third-order valence-corrected chi connectivity index (χ3v) is 6.05. The number of anilines is 1. The lowest BCUT2D eigenvalue weighted by Crippen LogP contribution is -2.30. The molecule has 6 nitrogen and oxygen atoms in total. The van der Waals surface area contributed by atoms with Crippen molar-refractivity contribution < 1.29 is 13.9 Å². The molecule has 0 radical (unpaired) electrons. The molecule has 2 aromatic carbocycles. The van der Waals surface area contributed by atoms with Crippen LogP contribution in [-0.4, -0.2) is 23.0 Å². The monoisotopic (exact) mass is 429 g/mol. The number of para-hydroxylation sites is 1. The van der Waals surface area contributed by atoms with E-state index in [1.807, 2.05) is 49.4 Å². The lowest BCUT2D eigenvalue weighted by Gasteiger charge is -2.18. The number of carbonyl (C=O) groups excluding carboxylic acids is 1. The Kier molecular flexibility index (Phi) is 4.88. The Morgan fingerprint density at radius 2 is 2.06 bits per heavy atom. The van der Waals surface area contributed by atoms with Gasteiger partial charge in [-0.25, -0.2) is 4.98 Å². The van der Waals surface area contributed by atoms with Crippen molar-refractivity contribution in [2.45, 2.75) is 13.5 Å². The highest BCUT2D eigenvalue weighted by Crippen LogP contribution is 2.33. The summed E-state index contributed by atoms with van der Waals surface area (Å²) in [4.78, 5) is 24.1. The van der Waals surface area contributed by atoms with Gasteiger partial charge in [-0.05, 0) is 48.4 Å². The predicted molar refractivity (Wildman–Crippen MR) is 122 cm³/mol. The van der Waals surface area contributed by atoms with Crippen LogP contribution in [0.4, 0.5) is 5.13 Å². The van der Waals surface area contributed by atoms with E-state index in [2.05, 4.69) is 11.1 Å². The van der Waals surface area contributed by atoms with Gasteiger partial charge >= 0.3 is 0 Å². The molecule has 3 aromatic heterocycles. The Morgan fingerprint density at radius 1 is 1.16 bits per heavy atom. The lowest BCUT2D eigenvalue weighted by molar-refractivity contribution is 0.0960. The molecule has 0 saturated carbocycles. The SMILES string of the molecule is COc1cccc2cc(C(=O)N(Cc3cccnc3)c3nc4ccc(C)cc4s3)oc12. The van der Waals surface area contributed by atoms with Crippen LogP contribution in [0.3, 0.4) is 0 Å². The van der Waals surface area contributed by atoms with Crippen LogP contribution >= 0.6 is 11.3 Å². The quantitative estimate of drug-likeness (QED) is 0.364. The van der Waals surface area contributed by atoms with Crippen LogP contribution < -0.4 is 9.64 Å². The van der Waals surface area contributed by atoms with Gasteiger partial charge in [0.15, 0.2) is 22.2 Å². The molecule has 31 heavy (non-hydrogen) atoms. The number of hydrogen-bond donors (Lipinski definition) is 0. The summed E-state index contributed by atoms with van der Waals surface area (Å²) < 4.78 is 12.3. The number of aromatic nitrogens is 2. The number of methoxy groups -OCH3 is 1. The zero-order valence-corrected chi connectivity index (χ0v) is 17.8. The van der Waals surface area contributed by atoms with Gasteiger partial charge in [-0.1, -0.05) is 35.6 Å². The van der Waals surface area contributed by atoms with Crippen LogP contribution in [0.1, 0.15) is 21.7 Å². The van der Waals surface area contributed by atoms with Gasteiger partial charge in [-0.3, -0.25) is 14.7 Å². The number of amides is 1. The Balaban J connectivity index is 1.60. The number of carbonyl (C=O) groups is 1. The summed E-state index contributed by atoms with van der Waals surface area (Å²) in [5, 5.41) is 1.42. The average Bonchev–Trinajstić information content (AvgIpc) is 3.41. The second-order valence-electron chi connectivity index (χ2n) is 7.21. The van der Waals surface area contributed by atoms with Crippen molar-refractivity contribution >= 4 is 43.6 Å². The van der Waals surface area contributed by atoms with E-state index in [1.165, 1.54) is 11.3 Å². The average molecular weight is 430 g/mol. The van der Waals surface area contributed by atoms with Gasteiger partial charge in [0.25, 0.3) is 5.91 Å². The van der Waals surface area contributed by atoms with Crippen molar-refractivity contribution in [3.05, 3.63) is 83.9 Å². The Bertz CT molecular complexity index is 1390. The van der Waals surface area contributed by atoms with Crippen LogP contribution in [0.15, 0.2) is 71.4 Å². The van der Waals surface area contributed by atoms with Crippen LogP contribution in [-0.2, 0) is 6.54 Å². The second kappa shape index (κ2) is 7.85. The fraction of sp³-hybridized carbons (Fsp3) is 0.125. The molecule has 1 amide bonds. The minimum atomic E-state index is -0.266. The highest BCUT2D eigenvalue weighted by molar-refractivity contribution is 7.22. The summed E-state index contributed by atoms with van der Waals surface area (Å²) in [6.07, 6.45) is 3.46. The van der Waals surface area contributed by atoms with Gasteiger partial charge in [-0.15, -0.1) is 0 Å². The number of furan rings is 1. The molecular formula is C24H19N3O3S. The summed E-state index contributed by atoms with van der Waals surface area (Å²) in [6.45, 7) is 2.37. The molecule has 0 saturated heterocycles. The number of rotatable bonds is 5. The number of hydrogen-bond acceptors (Lipinski definition) is 6. The predicted octanol–water partition coefficient (Wildman–Crippen LogP) is 5.60. The van der Waals surface area contributed by atoms with Crippen LogP contribution in [0, 0.1) is 6.92 Å². The molecule has 3 heterocycles. The van der Waals surface area contributed by atoms with Crippen molar-refractivity contribution in [2.75, 3.05) is 12.0 Å². The van der Waals surface area contributed by atoms with Crippen molar-refractivity contribution in [2.24, 2.45) is 0 Å². The van der Waals surface area contributed by atoms with Gasteiger partial charge in [0.1, 0.15) is 0 Å². The smallest absolute Gasteiger partial charge is 0.296 e. The van der Waals surface area contributed by atoms with Crippen molar-refractivity contribution in [1.82, 2.24) is 9.97 Å². The Hall–Kier alpha value is -3.71. The van der Waals surface area contributed by atoms with E-state index in [-0.39, 0.29) is 11.7 Å². The summed E-state index contributed by atoms with van der Waals surface area (Å²) in [7, 11) is 1.58. The molecule has 7 heteroatoms.